The number of ether oxygens (including phenoxy) is 1. The maximum atomic E-state index is 12.7. The smallest absolute Gasteiger partial charge is 0.321 e. The van der Waals surface area contributed by atoms with E-state index in [1.165, 1.54) is 29.6 Å². The number of urea groups is 1. The van der Waals surface area contributed by atoms with Gasteiger partial charge in [-0.3, -0.25) is 10.1 Å². The predicted octanol–water partition coefficient (Wildman–Crippen LogP) is 2.27. The molecule has 3 N–H and O–H groups in total. The number of nitrogens with one attached hydrogen (secondary N) is 3. The highest BCUT2D eigenvalue weighted by Crippen LogP contribution is 2.28. The molecule has 170 valence electrons. The summed E-state index contributed by atoms with van der Waals surface area (Å²) in [5.41, 5.74) is 0.337. The summed E-state index contributed by atoms with van der Waals surface area (Å²) in [5.74, 6) is -0.181. The molecule has 0 saturated carbocycles. The van der Waals surface area contributed by atoms with Crippen LogP contribution in [0.5, 0.6) is 5.75 Å². The SMILES string of the molecule is CCN(CC)S(=O)(=O)c1ccc(OC)c(NCC(=O)NC(=O)NCCc2cccs2)c1. The molecular formula is C20H28N4O5S2. The van der Waals surface area contributed by atoms with Crippen LogP contribution in [0.2, 0.25) is 0 Å². The summed E-state index contributed by atoms with van der Waals surface area (Å²) in [6.07, 6.45) is 0.683. The summed E-state index contributed by atoms with van der Waals surface area (Å²) in [4.78, 5) is 25.2. The van der Waals surface area contributed by atoms with Gasteiger partial charge in [0.25, 0.3) is 0 Å². The Labute approximate surface area is 186 Å². The predicted molar refractivity (Wildman–Crippen MR) is 121 cm³/mol. The number of thiophene rings is 1. The third-order valence-corrected chi connectivity index (χ3v) is 7.43. The van der Waals surface area contributed by atoms with Gasteiger partial charge < -0.3 is 15.4 Å². The third-order valence-electron chi connectivity index (χ3n) is 4.44. The van der Waals surface area contributed by atoms with Gasteiger partial charge in [0.05, 0.1) is 24.2 Å². The zero-order valence-corrected chi connectivity index (χ0v) is 19.4. The van der Waals surface area contributed by atoms with Gasteiger partial charge >= 0.3 is 6.03 Å². The molecule has 11 heteroatoms. The van der Waals surface area contributed by atoms with Crippen molar-refractivity contribution in [2.45, 2.75) is 25.2 Å². The number of anilines is 1. The van der Waals surface area contributed by atoms with Crippen LogP contribution in [0.1, 0.15) is 18.7 Å². The molecule has 0 spiro atoms. The number of hydrogen-bond donors (Lipinski definition) is 3. The molecule has 0 unspecified atom stereocenters. The Morgan fingerprint density at radius 2 is 1.90 bits per heavy atom. The van der Waals surface area contributed by atoms with Crippen molar-refractivity contribution < 1.29 is 22.7 Å². The van der Waals surface area contributed by atoms with Crippen molar-refractivity contribution in [2.75, 3.05) is 38.6 Å². The van der Waals surface area contributed by atoms with Crippen molar-refractivity contribution in [2.24, 2.45) is 0 Å². The van der Waals surface area contributed by atoms with E-state index < -0.39 is 22.0 Å². The second kappa shape index (κ2) is 11.7. The topological polar surface area (TPSA) is 117 Å². The Hall–Kier alpha value is -2.63. The van der Waals surface area contributed by atoms with Gasteiger partial charge in [-0.1, -0.05) is 19.9 Å². The van der Waals surface area contributed by atoms with Crippen LogP contribution in [0.25, 0.3) is 0 Å². The average molecular weight is 469 g/mol. The third kappa shape index (κ3) is 6.94. The quantitative estimate of drug-likeness (QED) is 0.466. The molecule has 0 saturated heterocycles. The fraction of sp³-hybridized carbons (Fsp3) is 0.400. The summed E-state index contributed by atoms with van der Waals surface area (Å²) in [6, 6.07) is 7.72. The lowest BCUT2D eigenvalue weighted by Gasteiger charge is -2.19. The first kappa shape index (κ1) is 24.6. The van der Waals surface area contributed by atoms with Crippen LogP contribution in [0.15, 0.2) is 40.6 Å². The minimum Gasteiger partial charge on any atom is -0.495 e. The Kier molecular flexibility index (Phi) is 9.28. The molecule has 2 aromatic rings. The van der Waals surface area contributed by atoms with E-state index in [1.54, 1.807) is 25.2 Å². The molecule has 0 aliphatic carbocycles. The number of benzene rings is 1. The number of carbonyl (C=O) groups excluding carboxylic acids is 2. The normalized spacial score (nSPS) is 11.2. The van der Waals surface area contributed by atoms with Crippen LogP contribution in [0.4, 0.5) is 10.5 Å². The van der Waals surface area contributed by atoms with Crippen LogP contribution in [-0.2, 0) is 21.2 Å². The van der Waals surface area contributed by atoms with Gasteiger partial charge in [-0.25, -0.2) is 13.2 Å². The molecule has 0 radical (unpaired) electrons. The number of hydrogen-bond acceptors (Lipinski definition) is 7. The van der Waals surface area contributed by atoms with Crippen LogP contribution >= 0.6 is 11.3 Å². The number of carbonyl (C=O) groups is 2. The lowest BCUT2D eigenvalue weighted by atomic mass is 10.3. The average Bonchev–Trinajstić information content (AvgIpc) is 3.26. The number of imide groups is 1. The van der Waals surface area contributed by atoms with E-state index in [2.05, 4.69) is 16.0 Å². The first-order chi connectivity index (χ1) is 14.8. The molecule has 3 amide bonds. The van der Waals surface area contributed by atoms with Gasteiger partial charge in [0.1, 0.15) is 5.75 Å². The van der Waals surface area contributed by atoms with Crippen molar-refractivity contribution in [3.63, 3.8) is 0 Å². The zero-order chi connectivity index (χ0) is 22.9. The minimum atomic E-state index is -3.66. The highest BCUT2D eigenvalue weighted by molar-refractivity contribution is 7.89. The van der Waals surface area contributed by atoms with Crippen molar-refractivity contribution in [3.8, 4) is 5.75 Å². The molecule has 2 rings (SSSR count). The van der Waals surface area contributed by atoms with Crippen molar-refractivity contribution >= 4 is 39.0 Å². The Balaban J connectivity index is 1.95. The molecule has 0 fully saturated rings. The first-order valence-corrected chi connectivity index (χ1v) is 12.2. The molecule has 0 aliphatic rings. The van der Waals surface area contributed by atoms with Gasteiger partial charge in [-0.05, 0) is 36.1 Å². The lowest BCUT2D eigenvalue weighted by Crippen LogP contribution is -2.42. The van der Waals surface area contributed by atoms with E-state index >= 15 is 0 Å². The summed E-state index contributed by atoms with van der Waals surface area (Å²) >= 11 is 1.60. The monoisotopic (exact) mass is 468 g/mol. The Morgan fingerprint density at radius 3 is 2.52 bits per heavy atom. The van der Waals surface area contributed by atoms with Crippen LogP contribution < -0.4 is 20.7 Å². The van der Waals surface area contributed by atoms with Gasteiger partial charge in [-0.2, -0.15) is 4.31 Å². The molecular weight excluding hydrogens is 440 g/mol. The van der Waals surface area contributed by atoms with Crippen molar-refractivity contribution in [1.82, 2.24) is 14.9 Å². The van der Waals surface area contributed by atoms with E-state index in [9.17, 15) is 18.0 Å². The lowest BCUT2D eigenvalue weighted by molar-refractivity contribution is -0.118. The largest absolute Gasteiger partial charge is 0.495 e. The number of methoxy groups -OCH3 is 1. The number of rotatable bonds is 11. The maximum Gasteiger partial charge on any atom is 0.321 e. The highest BCUT2D eigenvalue weighted by atomic mass is 32.2. The van der Waals surface area contributed by atoms with E-state index in [0.29, 0.717) is 37.5 Å². The fourth-order valence-corrected chi connectivity index (χ4v) is 5.04. The second-order valence-corrected chi connectivity index (χ2v) is 9.41. The van der Waals surface area contributed by atoms with E-state index in [4.69, 9.17) is 4.74 Å². The summed E-state index contributed by atoms with van der Waals surface area (Å²) < 4.78 is 32.1. The maximum absolute atomic E-state index is 12.7. The summed E-state index contributed by atoms with van der Waals surface area (Å²) in [6.45, 7) is 4.39. The number of sulfonamides is 1. The molecule has 0 aliphatic heterocycles. The highest BCUT2D eigenvalue weighted by Gasteiger charge is 2.23. The van der Waals surface area contributed by atoms with Crippen molar-refractivity contribution in [1.29, 1.82) is 0 Å². The van der Waals surface area contributed by atoms with Crippen molar-refractivity contribution in [3.05, 3.63) is 40.6 Å². The fourth-order valence-electron chi connectivity index (χ4n) is 2.84. The summed E-state index contributed by atoms with van der Waals surface area (Å²) in [7, 11) is -2.22. The zero-order valence-electron chi connectivity index (χ0n) is 17.8. The van der Waals surface area contributed by atoms with E-state index in [-0.39, 0.29) is 11.4 Å². The van der Waals surface area contributed by atoms with Gasteiger partial charge in [0.15, 0.2) is 0 Å². The molecule has 1 aromatic carbocycles. The standard InChI is InChI=1S/C20H28N4O5S2/c1-4-24(5-2)31(27,28)16-8-9-18(29-3)17(13-16)22-14-19(25)23-20(26)21-11-10-15-7-6-12-30-15/h6-9,12-13,22H,4-5,10-11,14H2,1-3H3,(H2,21,23,25,26). The van der Waals surface area contributed by atoms with Crippen LogP contribution in [-0.4, -0.2) is 58.0 Å². The van der Waals surface area contributed by atoms with E-state index in [1.807, 2.05) is 17.5 Å². The second-order valence-electron chi connectivity index (χ2n) is 6.44. The number of nitrogens with zero attached hydrogens (tertiary/aromatic N) is 1. The molecule has 31 heavy (non-hydrogen) atoms. The van der Waals surface area contributed by atoms with Gasteiger partial charge in [0, 0.05) is 24.5 Å². The Bertz CT molecular complexity index is 973. The number of amides is 3. The van der Waals surface area contributed by atoms with E-state index in [0.717, 1.165) is 4.88 Å². The van der Waals surface area contributed by atoms with Gasteiger partial charge in [-0.15, -0.1) is 11.3 Å². The first-order valence-electron chi connectivity index (χ1n) is 9.83. The molecule has 0 bridgehead atoms. The molecule has 0 atom stereocenters. The summed E-state index contributed by atoms with van der Waals surface area (Å²) in [5, 5.41) is 9.66. The molecule has 9 nitrogen and oxygen atoms in total. The van der Waals surface area contributed by atoms with Crippen LogP contribution in [0, 0.1) is 0 Å². The van der Waals surface area contributed by atoms with Gasteiger partial charge in [0.2, 0.25) is 15.9 Å². The molecule has 1 heterocycles. The van der Waals surface area contributed by atoms with Crippen LogP contribution in [0.3, 0.4) is 0 Å². The minimum absolute atomic E-state index is 0.0891. The Morgan fingerprint density at radius 1 is 1.16 bits per heavy atom. The molecule has 1 aromatic heterocycles.